The first kappa shape index (κ1) is 7.76. The van der Waals surface area contributed by atoms with Gasteiger partial charge in [0.25, 0.3) is 0 Å². The second-order valence-electron chi connectivity index (χ2n) is 2.68. The molecule has 1 aliphatic rings. The topological polar surface area (TPSA) is 21.3 Å². The standard InChI is InChI=1S/C8H15NO/c1-2-4-9-6-8-3-5-10-7-8/h2,8-9H,1,3-7H2/t8-/m1/s1. The minimum atomic E-state index is 0.736. The van der Waals surface area contributed by atoms with Crippen molar-refractivity contribution in [3.8, 4) is 0 Å². The molecule has 0 saturated carbocycles. The molecule has 1 heterocycles. The molecule has 0 amide bonds. The Bertz CT molecular complexity index is 97.4. The Hall–Kier alpha value is -0.340. The molecule has 58 valence electrons. The van der Waals surface area contributed by atoms with Crippen LogP contribution < -0.4 is 5.32 Å². The molecule has 1 N–H and O–H groups in total. The summed E-state index contributed by atoms with van der Waals surface area (Å²) in [4.78, 5) is 0. The number of ether oxygens (including phenoxy) is 1. The van der Waals surface area contributed by atoms with Crippen LogP contribution in [0.1, 0.15) is 6.42 Å². The highest BCUT2D eigenvalue weighted by molar-refractivity contribution is 4.73. The van der Waals surface area contributed by atoms with E-state index in [0.29, 0.717) is 0 Å². The van der Waals surface area contributed by atoms with Crippen LogP contribution in [0.25, 0.3) is 0 Å². The maximum Gasteiger partial charge on any atom is 0.0507 e. The average molecular weight is 141 g/mol. The van der Waals surface area contributed by atoms with Crippen molar-refractivity contribution in [2.45, 2.75) is 6.42 Å². The van der Waals surface area contributed by atoms with Crippen LogP contribution in [0.15, 0.2) is 12.7 Å². The highest BCUT2D eigenvalue weighted by Crippen LogP contribution is 2.10. The fourth-order valence-electron chi connectivity index (χ4n) is 1.13. The van der Waals surface area contributed by atoms with E-state index in [1.807, 2.05) is 6.08 Å². The summed E-state index contributed by atoms with van der Waals surface area (Å²) in [6.07, 6.45) is 3.10. The van der Waals surface area contributed by atoms with Crippen molar-refractivity contribution in [3.05, 3.63) is 12.7 Å². The van der Waals surface area contributed by atoms with Crippen molar-refractivity contribution in [1.82, 2.24) is 5.32 Å². The summed E-state index contributed by atoms with van der Waals surface area (Å²) in [5.74, 6) is 0.736. The maximum absolute atomic E-state index is 5.22. The van der Waals surface area contributed by atoms with Gasteiger partial charge < -0.3 is 10.1 Å². The molecular formula is C8H15NO. The Kier molecular flexibility index (Phi) is 3.47. The van der Waals surface area contributed by atoms with Crippen LogP contribution in [0.3, 0.4) is 0 Å². The lowest BCUT2D eigenvalue weighted by Gasteiger charge is -2.06. The van der Waals surface area contributed by atoms with Gasteiger partial charge in [0, 0.05) is 19.7 Å². The molecule has 10 heavy (non-hydrogen) atoms. The average Bonchev–Trinajstić information content (AvgIpc) is 2.41. The van der Waals surface area contributed by atoms with Gasteiger partial charge >= 0.3 is 0 Å². The largest absolute Gasteiger partial charge is 0.381 e. The highest BCUT2D eigenvalue weighted by atomic mass is 16.5. The molecule has 1 fully saturated rings. The molecule has 0 aromatic rings. The first-order chi connectivity index (χ1) is 4.93. The van der Waals surface area contributed by atoms with Crippen molar-refractivity contribution in [2.24, 2.45) is 5.92 Å². The van der Waals surface area contributed by atoms with Crippen molar-refractivity contribution in [2.75, 3.05) is 26.3 Å². The third-order valence-electron chi connectivity index (χ3n) is 1.75. The van der Waals surface area contributed by atoms with E-state index >= 15 is 0 Å². The number of nitrogens with one attached hydrogen (secondary N) is 1. The summed E-state index contributed by atoms with van der Waals surface area (Å²) in [7, 11) is 0. The van der Waals surface area contributed by atoms with E-state index in [0.717, 1.165) is 32.2 Å². The van der Waals surface area contributed by atoms with Gasteiger partial charge in [-0.1, -0.05) is 6.08 Å². The van der Waals surface area contributed by atoms with Crippen molar-refractivity contribution >= 4 is 0 Å². The Labute approximate surface area is 62.3 Å². The number of hydrogen-bond donors (Lipinski definition) is 1. The second kappa shape index (κ2) is 4.47. The first-order valence-electron chi connectivity index (χ1n) is 3.83. The third-order valence-corrected chi connectivity index (χ3v) is 1.75. The molecular weight excluding hydrogens is 126 g/mol. The van der Waals surface area contributed by atoms with Gasteiger partial charge in [-0.2, -0.15) is 0 Å². The molecule has 1 saturated heterocycles. The summed E-state index contributed by atoms with van der Waals surface area (Å²) in [6, 6.07) is 0. The predicted molar refractivity (Wildman–Crippen MR) is 42.0 cm³/mol. The summed E-state index contributed by atoms with van der Waals surface area (Å²) in [5.41, 5.74) is 0. The molecule has 0 unspecified atom stereocenters. The van der Waals surface area contributed by atoms with E-state index in [9.17, 15) is 0 Å². The SMILES string of the molecule is C=CCNC[C@H]1CCOC1. The van der Waals surface area contributed by atoms with Crippen molar-refractivity contribution in [3.63, 3.8) is 0 Å². The van der Waals surface area contributed by atoms with E-state index in [4.69, 9.17) is 4.74 Å². The van der Waals surface area contributed by atoms with E-state index < -0.39 is 0 Å². The molecule has 0 aromatic heterocycles. The monoisotopic (exact) mass is 141 g/mol. The molecule has 1 atom stereocenters. The maximum atomic E-state index is 5.22. The zero-order valence-corrected chi connectivity index (χ0v) is 6.31. The van der Waals surface area contributed by atoms with Gasteiger partial charge in [0.2, 0.25) is 0 Å². The minimum Gasteiger partial charge on any atom is -0.381 e. The molecule has 0 radical (unpaired) electrons. The van der Waals surface area contributed by atoms with Crippen LogP contribution >= 0.6 is 0 Å². The normalized spacial score (nSPS) is 25.0. The summed E-state index contributed by atoms with van der Waals surface area (Å²) in [6.45, 7) is 7.50. The first-order valence-corrected chi connectivity index (χ1v) is 3.83. The second-order valence-corrected chi connectivity index (χ2v) is 2.68. The quantitative estimate of drug-likeness (QED) is 0.462. The molecule has 0 bridgehead atoms. The van der Waals surface area contributed by atoms with Crippen LogP contribution in [-0.2, 0) is 4.74 Å². The molecule has 1 aliphatic heterocycles. The number of hydrogen-bond acceptors (Lipinski definition) is 2. The lowest BCUT2D eigenvalue weighted by atomic mass is 10.1. The Morgan fingerprint density at radius 2 is 2.60 bits per heavy atom. The Morgan fingerprint density at radius 3 is 3.20 bits per heavy atom. The zero-order valence-electron chi connectivity index (χ0n) is 6.31. The van der Waals surface area contributed by atoms with Crippen molar-refractivity contribution in [1.29, 1.82) is 0 Å². The predicted octanol–water partition coefficient (Wildman–Crippen LogP) is 0.798. The number of rotatable bonds is 4. The Morgan fingerprint density at radius 1 is 1.70 bits per heavy atom. The van der Waals surface area contributed by atoms with Crippen LogP contribution in [0, 0.1) is 5.92 Å². The fourth-order valence-corrected chi connectivity index (χ4v) is 1.13. The smallest absolute Gasteiger partial charge is 0.0507 e. The highest BCUT2D eigenvalue weighted by Gasteiger charge is 2.13. The van der Waals surface area contributed by atoms with Gasteiger partial charge in [0.1, 0.15) is 0 Å². The van der Waals surface area contributed by atoms with Gasteiger partial charge in [-0.3, -0.25) is 0 Å². The van der Waals surface area contributed by atoms with E-state index in [1.54, 1.807) is 0 Å². The summed E-state index contributed by atoms with van der Waals surface area (Å²) in [5, 5.41) is 3.28. The van der Waals surface area contributed by atoms with Crippen LogP contribution in [-0.4, -0.2) is 26.3 Å². The fraction of sp³-hybridized carbons (Fsp3) is 0.750. The van der Waals surface area contributed by atoms with Gasteiger partial charge in [-0.25, -0.2) is 0 Å². The van der Waals surface area contributed by atoms with Crippen LogP contribution in [0.5, 0.6) is 0 Å². The van der Waals surface area contributed by atoms with Crippen LogP contribution in [0.2, 0.25) is 0 Å². The van der Waals surface area contributed by atoms with E-state index in [2.05, 4.69) is 11.9 Å². The molecule has 1 rings (SSSR count). The minimum absolute atomic E-state index is 0.736. The molecule has 2 heteroatoms. The molecule has 0 spiro atoms. The van der Waals surface area contributed by atoms with E-state index in [-0.39, 0.29) is 0 Å². The lowest BCUT2D eigenvalue weighted by molar-refractivity contribution is 0.185. The van der Waals surface area contributed by atoms with Gasteiger partial charge in [-0.05, 0) is 12.3 Å². The van der Waals surface area contributed by atoms with Gasteiger partial charge in [-0.15, -0.1) is 6.58 Å². The Balaban J connectivity index is 1.96. The summed E-state index contributed by atoms with van der Waals surface area (Å²) >= 11 is 0. The third kappa shape index (κ3) is 2.50. The van der Waals surface area contributed by atoms with Gasteiger partial charge in [0.15, 0.2) is 0 Å². The summed E-state index contributed by atoms with van der Waals surface area (Å²) < 4.78 is 5.22. The molecule has 2 nitrogen and oxygen atoms in total. The lowest BCUT2D eigenvalue weighted by Crippen LogP contribution is -2.22. The van der Waals surface area contributed by atoms with Crippen molar-refractivity contribution < 1.29 is 4.74 Å². The molecule has 0 aliphatic carbocycles. The van der Waals surface area contributed by atoms with Gasteiger partial charge in [0.05, 0.1) is 6.61 Å². The zero-order chi connectivity index (χ0) is 7.23. The van der Waals surface area contributed by atoms with Crippen LogP contribution in [0.4, 0.5) is 0 Å². The molecule has 0 aromatic carbocycles. The van der Waals surface area contributed by atoms with E-state index in [1.165, 1.54) is 6.42 Å².